The van der Waals surface area contributed by atoms with Gasteiger partial charge in [0.15, 0.2) is 0 Å². The standard InChI is InChI=1S/C13H13NO.C2H6/c15-13-7-11-8-14(9-11)12(13)6-10-4-2-1-3-5-10;1-2/h1-2,4,6-7H,3,5,8-9H2;1-2H3/b12-6-;. The molecule has 4 aliphatic rings. The van der Waals surface area contributed by atoms with E-state index < -0.39 is 0 Å². The van der Waals surface area contributed by atoms with Gasteiger partial charge in [-0.15, -0.1) is 0 Å². The van der Waals surface area contributed by atoms with Crippen molar-refractivity contribution in [3.63, 3.8) is 0 Å². The first-order valence-corrected chi connectivity index (χ1v) is 6.39. The number of allylic oxidation sites excluding steroid dienone is 6. The smallest absolute Gasteiger partial charge is 0.201 e. The Morgan fingerprint density at radius 2 is 2.06 bits per heavy atom. The van der Waals surface area contributed by atoms with E-state index in [1.807, 2.05) is 13.8 Å². The molecule has 0 aromatic rings. The maximum atomic E-state index is 11.7. The number of carbonyl (C=O) groups is 1. The minimum Gasteiger partial charge on any atom is -0.360 e. The molecule has 0 amide bonds. The van der Waals surface area contributed by atoms with Crippen molar-refractivity contribution in [1.82, 2.24) is 4.90 Å². The van der Waals surface area contributed by atoms with E-state index in [4.69, 9.17) is 0 Å². The van der Waals surface area contributed by atoms with Crippen molar-refractivity contribution in [2.45, 2.75) is 26.7 Å². The summed E-state index contributed by atoms with van der Waals surface area (Å²) in [5.74, 6) is 0.179. The van der Waals surface area contributed by atoms with Crippen LogP contribution in [0.4, 0.5) is 0 Å². The Hall–Kier alpha value is -1.57. The summed E-state index contributed by atoms with van der Waals surface area (Å²) in [6, 6.07) is 0. The van der Waals surface area contributed by atoms with Gasteiger partial charge in [-0.1, -0.05) is 32.1 Å². The Bertz CT molecular complexity index is 430. The molecule has 2 bridgehead atoms. The van der Waals surface area contributed by atoms with E-state index in [-0.39, 0.29) is 5.78 Å². The molecular weight excluding hydrogens is 210 g/mol. The predicted octanol–water partition coefficient (Wildman–Crippen LogP) is 3.00. The molecule has 0 spiro atoms. The zero-order chi connectivity index (χ0) is 12.3. The van der Waals surface area contributed by atoms with Gasteiger partial charge in [0, 0.05) is 13.1 Å². The Morgan fingerprint density at radius 1 is 1.29 bits per heavy atom. The Labute approximate surface area is 103 Å². The Balaban J connectivity index is 0.000000514. The third-order valence-electron chi connectivity index (χ3n) is 3.08. The highest BCUT2D eigenvalue weighted by molar-refractivity contribution is 6.06. The van der Waals surface area contributed by atoms with Crippen LogP contribution in [0.3, 0.4) is 0 Å². The highest BCUT2D eigenvalue weighted by Crippen LogP contribution is 2.28. The Morgan fingerprint density at radius 3 is 2.65 bits per heavy atom. The van der Waals surface area contributed by atoms with Gasteiger partial charge < -0.3 is 4.90 Å². The summed E-state index contributed by atoms with van der Waals surface area (Å²) in [7, 11) is 0. The van der Waals surface area contributed by atoms with Crippen molar-refractivity contribution in [2.24, 2.45) is 0 Å². The van der Waals surface area contributed by atoms with Crippen LogP contribution in [0, 0.1) is 0 Å². The third-order valence-corrected chi connectivity index (χ3v) is 3.08. The maximum absolute atomic E-state index is 11.7. The van der Waals surface area contributed by atoms with Gasteiger partial charge in [-0.05, 0) is 36.1 Å². The lowest BCUT2D eigenvalue weighted by Gasteiger charge is -2.40. The molecule has 0 aromatic carbocycles. The van der Waals surface area contributed by atoms with Crippen LogP contribution in [0.5, 0.6) is 0 Å². The molecule has 4 rings (SSSR count). The molecule has 1 saturated heterocycles. The summed E-state index contributed by atoms with van der Waals surface area (Å²) < 4.78 is 0. The van der Waals surface area contributed by atoms with Crippen LogP contribution >= 0.6 is 0 Å². The van der Waals surface area contributed by atoms with Gasteiger partial charge in [0.2, 0.25) is 5.78 Å². The lowest BCUT2D eigenvalue weighted by Crippen LogP contribution is -2.45. The van der Waals surface area contributed by atoms with Gasteiger partial charge in [-0.2, -0.15) is 0 Å². The van der Waals surface area contributed by atoms with Gasteiger partial charge in [-0.3, -0.25) is 4.79 Å². The lowest BCUT2D eigenvalue weighted by molar-refractivity contribution is -0.113. The molecule has 1 fully saturated rings. The molecule has 3 heterocycles. The van der Waals surface area contributed by atoms with E-state index in [1.165, 1.54) is 11.1 Å². The first kappa shape index (κ1) is 11.9. The fourth-order valence-electron chi connectivity index (χ4n) is 2.20. The fourth-order valence-corrected chi connectivity index (χ4v) is 2.20. The normalized spacial score (nSPS) is 23.5. The van der Waals surface area contributed by atoms with Crippen molar-refractivity contribution >= 4 is 5.78 Å². The van der Waals surface area contributed by atoms with Crippen LogP contribution < -0.4 is 0 Å². The number of ketones is 1. The van der Waals surface area contributed by atoms with E-state index >= 15 is 0 Å². The van der Waals surface area contributed by atoms with Crippen LogP contribution in [-0.4, -0.2) is 23.8 Å². The van der Waals surface area contributed by atoms with Crippen LogP contribution in [0.2, 0.25) is 0 Å². The summed E-state index contributed by atoms with van der Waals surface area (Å²) in [5.41, 5.74) is 3.42. The van der Waals surface area contributed by atoms with Crippen LogP contribution in [0.1, 0.15) is 26.7 Å². The van der Waals surface area contributed by atoms with Gasteiger partial charge >= 0.3 is 0 Å². The molecule has 2 nitrogen and oxygen atoms in total. The number of fused-ring (bicyclic) bond motifs is 2. The quantitative estimate of drug-likeness (QED) is 0.644. The largest absolute Gasteiger partial charge is 0.360 e. The predicted molar refractivity (Wildman–Crippen MR) is 70.6 cm³/mol. The van der Waals surface area contributed by atoms with Crippen LogP contribution in [0.25, 0.3) is 0 Å². The summed E-state index contributed by atoms with van der Waals surface area (Å²) in [5, 5.41) is 0. The van der Waals surface area contributed by atoms with Crippen LogP contribution in [0.15, 0.2) is 47.2 Å². The van der Waals surface area contributed by atoms with E-state index in [0.29, 0.717) is 0 Å². The van der Waals surface area contributed by atoms with Gasteiger partial charge in [0.1, 0.15) is 0 Å². The molecule has 0 N–H and O–H groups in total. The van der Waals surface area contributed by atoms with E-state index in [0.717, 1.165) is 31.6 Å². The molecule has 0 radical (unpaired) electrons. The highest BCUT2D eigenvalue weighted by Gasteiger charge is 2.31. The van der Waals surface area contributed by atoms with E-state index in [9.17, 15) is 4.79 Å². The molecule has 17 heavy (non-hydrogen) atoms. The Kier molecular flexibility index (Phi) is 3.62. The summed E-state index contributed by atoms with van der Waals surface area (Å²) in [4.78, 5) is 13.8. The first-order valence-electron chi connectivity index (χ1n) is 6.39. The van der Waals surface area contributed by atoms with E-state index in [2.05, 4.69) is 29.2 Å². The third kappa shape index (κ3) is 2.41. The zero-order valence-electron chi connectivity index (χ0n) is 10.6. The fraction of sp³-hybridized carbons (Fsp3) is 0.400. The number of carbonyl (C=O) groups excluding carboxylic acids is 1. The maximum Gasteiger partial charge on any atom is 0.201 e. The summed E-state index contributed by atoms with van der Waals surface area (Å²) in [6.45, 7) is 5.92. The second kappa shape index (κ2) is 5.17. The molecule has 0 aromatic heterocycles. The number of hydrogen-bond acceptors (Lipinski definition) is 2. The molecule has 3 aliphatic heterocycles. The summed E-state index contributed by atoms with van der Waals surface area (Å²) >= 11 is 0. The average Bonchev–Trinajstić information content (AvgIpc) is 2.34. The van der Waals surface area contributed by atoms with Crippen molar-refractivity contribution in [2.75, 3.05) is 13.1 Å². The minimum absolute atomic E-state index is 0.179. The average molecular weight is 229 g/mol. The van der Waals surface area contributed by atoms with Crippen molar-refractivity contribution in [1.29, 1.82) is 0 Å². The second-order valence-corrected chi connectivity index (χ2v) is 4.26. The number of nitrogens with zero attached hydrogens (tertiary/aromatic N) is 1. The van der Waals surface area contributed by atoms with Crippen molar-refractivity contribution in [3.05, 3.63) is 47.2 Å². The minimum atomic E-state index is 0.179. The van der Waals surface area contributed by atoms with Gasteiger partial charge in [0.25, 0.3) is 0 Å². The highest BCUT2D eigenvalue weighted by atomic mass is 16.1. The zero-order valence-corrected chi connectivity index (χ0v) is 10.6. The molecular formula is C15H19NO. The van der Waals surface area contributed by atoms with Crippen LogP contribution in [-0.2, 0) is 4.79 Å². The van der Waals surface area contributed by atoms with Gasteiger partial charge in [-0.25, -0.2) is 0 Å². The van der Waals surface area contributed by atoms with Crippen molar-refractivity contribution < 1.29 is 4.79 Å². The lowest BCUT2D eigenvalue weighted by atomic mass is 9.94. The molecule has 90 valence electrons. The topological polar surface area (TPSA) is 20.3 Å². The first-order chi connectivity index (χ1) is 8.33. The molecule has 2 heteroatoms. The SMILES string of the molecule is CC.O=C1C=C2CN(C2)/C1=C\C1=CC=CCC1. The number of hydrogen-bond donors (Lipinski definition) is 0. The van der Waals surface area contributed by atoms with Gasteiger partial charge in [0.05, 0.1) is 5.70 Å². The summed E-state index contributed by atoms with van der Waals surface area (Å²) in [6.07, 6.45) is 12.3. The van der Waals surface area contributed by atoms with E-state index in [1.54, 1.807) is 6.08 Å². The molecule has 1 aliphatic carbocycles. The second-order valence-electron chi connectivity index (χ2n) is 4.26. The molecule has 0 saturated carbocycles. The number of rotatable bonds is 1. The molecule has 0 atom stereocenters. The van der Waals surface area contributed by atoms with Crippen molar-refractivity contribution in [3.8, 4) is 0 Å². The molecule has 0 unspecified atom stereocenters. The monoisotopic (exact) mass is 229 g/mol.